The van der Waals surface area contributed by atoms with Crippen LogP contribution in [-0.4, -0.2) is 19.1 Å². The fourth-order valence-corrected chi connectivity index (χ4v) is 2.19. The van der Waals surface area contributed by atoms with Crippen LogP contribution in [0.2, 0.25) is 0 Å². The molecule has 0 unspecified atom stereocenters. The number of nitrogens with one attached hydrogen (secondary N) is 1. The van der Waals surface area contributed by atoms with Crippen molar-refractivity contribution >= 4 is 11.6 Å². The summed E-state index contributed by atoms with van der Waals surface area (Å²) in [4.78, 5) is 12.4. The lowest BCUT2D eigenvalue weighted by Gasteiger charge is -2.17. The van der Waals surface area contributed by atoms with Crippen LogP contribution in [0, 0.1) is 0 Å². The van der Waals surface area contributed by atoms with Gasteiger partial charge in [0.15, 0.2) is 6.10 Å². The number of carbonyl (C=O) groups excluding carboxylic acids is 1. The van der Waals surface area contributed by atoms with E-state index in [2.05, 4.69) is 12.2 Å². The maximum atomic E-state index is 12.4. The average Bonchev–Trinajstić information content (AvgIpc) is 2.60. The molecule has 0 bridgehead atoms. The number of rotatable bonds is 7. The van der Waals surface area contributed by atoms with E-state index >= 15 is 0 Å². The van der Waals surface area contributed by atoms with Crippen LogP contribution in [0.5, 0.6) is 11.5 Å². The monoisotopic (exact) mass is 313 g/mol. The summed E-state index contributed by atoms with van der Waals surface area (Å²) in [5.41, 5.74) is 1.97. The Morgan fingerprint density at radius 1 is 1.00 bits per heavy atom. The fourth-order valence-electron chi connectivity index (χ4n) is 2.19. The summed E-state index contributed by atoms with van der Waals surface area (Å²) >= 11 is 0. The van der Waals surface area contributed by atoms with Gasteiger partial charge in [0.25, 0.3) is 5.91 Å². The summed E-state index contributed by atoms with van der Waals surface area (Å²) in [6.07, 6.45) is 1.05. The largest absolute Gasteiger partial charge is 0.497 e. The third-order valence-corrected chi connectivity index (χ3v) is 3.63. The van der Waals surface area contributed by atoms with Crippen LogP contribution < -0.4 is 14.8 Å². The van der Waals surface area contributed by atoms with E-state index in [1.807, 2.05) is 31.2 Å². The Morgan fingerprint density at radius 2 is 1.61 bits per heavy atom. The van der Waals surface area contributed by atoms with Gasteiger partial charge in [-0.25, -0.2) is 0 Å². The Balaban J connectivity index is 1.99. The maximum absolute atomic E-state index is 12.4. The molecule has 0 radical (unpaired) electrons. The van der Waals surface area contributed by atoms with Crippen LogP contribution in [0.4, 0.5) is 5.69 Å². The van der Waals surface area contributed by atoms with Gasteiger partial charge < -0.3 is 14.8 Å². The second-order valence-electron chi connectivity index (χ2n) is 5.23. The van der Waals surface area contributed by atoms with Gasteiger partial charge in [0, 0.05) is 5.69 Å². The molecular weight excluding hydrogens is 290 g/mol. The van der Waals surface area contributed by atoms with Crippen LogP contribution in [0.3, 0.4) is 0 Å². The van der Waals surface area contributed by atoms with Gasteiger partial charge in [-0.1, -0.05) is 26.0 Å². The van der Waals surface area contributed by atoms with E-state index < -0.39 is 6.10 Å². The van der Waals surface area contributed by atoms with E-state index in [1.165, 1.54) is 5.56 Å². The number of aryl methyl sites for hydroxylation is 1. The molecule has 2 rings (SSSR count). The minimum absolute atomic E-state index is 0.155. The Kier molecular flexibility index (Phi) is 6.03. The summed E-state index contributed by atoms with van der Waals surface area (Å²) in [5, 5.41) is 2.87. The first-order chi connectivity index (χ1) is 11.2. The number of hydrogen-bond donors (Lipinski definition) is 1. The summed E-state index contributed by atoms with van der Waals surface area (Å²) in [6.45, 7) is 4.03. The molecule has 1 N–H and O–H groups in total. The number of ether oxygens (including phenoxy) is 2. The van der Waals surface area contributed by atoms with Crippen molar-refractivity contribution in [2.24, 2.45) is 0 Å². The molecule has 1 atom stereocenters. The van der Waals surface area contributed by atoms with Crippen molar-refractivity contribution < 1.29 is 14.3 Å². The van der Waals surface area contributed by atoms with Crippen molar-refractivity contribution in [3.05, 3.63) is 54.1 Å². The molecule has 2 aromatic carbocycles. The van der Waals surface area contributed by atoms with Crippen molar-refractivity contribution in [2.45, 2.75) is 32.8 Å². The SMILES string of the molecule is CCc1ccc(O[C@H](CC)C(=O)Nc2ccc(OC)cc2)cc1. The van der Waals surface area contributed by atoms with Gasteiger partial charge in [0.2, 0.25) is 0 Å². The van der Waals surface area contributed by atoms with Gasteiger partial charge in [-0.3, -0.25) is 4.79 Å². The zero-order chi connectivity index (χ0) is 16.7. The second kappa shape index (κ2) is 8.22. The summed E-state index contributed by atoms with van der Waals surface area (Å²) in [5.74, 6) is 1.30. The highest BCUT2D eigenvalue weighted by atomic mass is 16.5. The lowest BCUT2D eigenvalue weighted by molar-refractivity contribution is -0.122. The van der Waals surface area contributed by atoms with Gasteiger partial charge in [-0.05, 0) is 54.8 Å². The topological polar surface area (TPSA) is 47.6 Å². The quantitative estimate of drug-likeness (QED) is 0.838. The van der Waals surface area contributed by atoms with Gasteiger partial charge >= 0.3 is 0 Å². The second-order valence-corrected chi connectivity index (χ2v) is 5.23. The van der Waals surface area contributed by atoms with E-state index in [4.69, 9.17) is 9.47 Å². The molecule has 0 fully saturated rings. The first-order valence-corrected chi connectivity index (χ1v) is 7.86. The normalized spacial score (nSPS) is 11.6. The first kappa shape index (κ1) is 16.9. The third-order valence-electron chi connectivity index (χ3n) is 3.63. The molecule has 4 nitrogen and oxygen atoms in total. The van der Waals surface area contributed by atoms with Crippen LogP contribution in [-0.2, 0) is 11.2 Å². The van der Waals surface area contributed by atoms with Gasteiger partial charge in [-0.15, -0.1) is 0 Å². The average molecular weight is 313 g/mol. The molecule has 0 saturated heterocycles. The highest BCUT2D eigenvalue weighted by Gasteiger charge is 2.18. The minimum atomic E-state index is -0.524. The molecule has 4 heteroatoms. The van der Waals surface area contributed by atoms with E-state index in [0.29, 0.717) is 12.2 Å². The molecule has 23 heavy (non-hydrogen) atoms. The Bertz CT molecular complexity index is 620. The van der Waals surface area contributed by atoms with Gasteiger partial charge in [0.1, 0.15) is 11.5 Å². The number of anilines is 1. The molecule has 122 valence electrons. The van der Waals surface area contributed by atoms with E-state index in [-0.39, 0.29) is 5.91 Å². The molecule has 0 heterocycles. The Morgan fingerprint density at radius 3 is 2.13 bits per heavy atom. The number of hydrogen-bond acceptors (Lipinski definition) is 3. The number of carbonyl (C=O) groups is 1. The highest BCUT2D eigenvalue weighted by Crippen LogP contribution is 2.18. The molecule has 2 aromatic rings. The Labute approximate surface area is 137 Å². The van der Waals surface area contributed by atoms with E-state index in [0.717, 1.165) is 17.9 Å². The zero-order valence-electron chi connectivity index (χ0n) is 13.8. The molecule has 0 aliphatic heterocycles. The van der Waals surface area contributed by atoms with Crippen LogP contribution in [0.25, 0.3) is 0 Å². The number of amides is 1. The number of benzene rings is 2. The lowest BCUT2D eigenvalue weighted by Crippen LogP contribution is -2.32. The van der Waals surface area contributed by atoms with Crippen LogP contribution >= 0.6 is 0 Å². The summed E-state index contributed by atoms with van der Waals surface area (Å²) in [6, 6.07) is 15.1. The maximum Gasteiger partial charge on any atom is 0.265 e. The van der Waals surface area contributed by atoms with Gasteiger partial charge in [-0.2, -0.15) is 0 Å². The summed E-state index contributed by atoms with van der Waals surface area (Å²) in [7, 11) is 1.61. The molecule has 1 amide bonds. The Hall–Kier alpha value is -2.49. The first-order valence-electron chi connectivity index (χ1n) is 7.86. The fraction of sp³-hybridized carbons (Fsp3) is 0.316. The molecule has 0 saturated carbocycles. The van der Waals surface area contributed by atoms with Crippen molar-refractivity contribution in [1.82, 2.24) is 0 Å². The van der Waals surface area contributed by atoms with Crippen molar-refractivity contribution in [3.63, 3.8) is 0 Å². The van der Waals surface area contributed by atoms with Crippen LogP contribution in [0.1, 0.15) is 25.8 Å². The van der Waals surface area contributed by atoms with Gasteiger partial charge in [0.05, 0.1) is 7.11 Å². The highest BCUT2D eigenvalue weighted by molar-refractivity contribution is 5.94. The summed E-state index contributed by atoms with van der Waals surface area (Å²) < 4.78 is 10.9. The molecular formula is C19H23NO3. The zero-order valence-corrected chi connectivity index (χ0v) is 13.8. The van der Waals surface area contributed by atoms with Crippen molar-refractivity contribution in [2.75, 3.05) is 12.4 Å². The third kappa shape index (κ3) is 4.74. The minimum Gasteiger partial charge on any atom is -0.497 e. The molecule has 0 aliphatic rings. The van der Waals surface area contributed by atoms with Crippen molar-refractivity contribution in [1.29, 1.82) is 0 Å². The van der Waals surface area contributed by atoms with E-state index in [1.54, 1.807) is 31.4 Å². The molecule has 0 aromatic heterocycles. The van der Waals surface area contributed by atoms with E-state index in [9.17, 15) is 4.79 Å². The smallest absolute Gasteiger partial charge is 0.265 e. The predicted molar refractivity (Wildman–Crippen MR) is 92.2 cm³/mol. The molecule has 0 aliphatic carbocycles. The number of methoxy groups -OCH3 is 1. The molecule has 0 spiro atoms. The van der Waals surface area contributed by atoms with Crippen molar-refractivity contribution in [3.8, 4) is 11.5 Å². The predicted octanol–water partition coefficient (Wildman–Crippen LogP) is 4.05. The standard InChI is InChI=1S/C19H23NO3/c1-4-14-6-10-17(11-7-14)23-18(5-2)19(21)20-15-8-12-16(22-3)13-9-15/h6-13,18H,4-5H2,1-3H3,(H,20,21)/t18-/m1/s1. The lowest BCUT2D eigenvalue weighted by atomic mass is 10.1. The van der Waals surface area contributed by atoms with Crippen LogP contribution in [0.15, 0.2) is 48.5 Å².